The Morgan fingerprint density at radius 3 is 3.06 bits per heavy atom. The first-order chi connectivity index (χ1) is 8.34. The summed E-state index contributed by atoms with van der Waals surface area (Å²) in [4.78, 5) is 10.9. The first kappa shape index (κ1) is 11.4. The standard InChI is InChI=1S/C12H16BrN3O/c13-11-7-12(15-8-14-11)16-5-6-17-10-4-2-1-3-9(10)16/h7-10H,1-6H2. The number of hydrogen-bond donors (Lipinski definition) is 0. The molecule has 0 spiro atoms. The highest BCUT2D eigenvalue weighted by molar-refractivity contribution is 9.10. The van der Waals surface area contributed by atoms with Crippen molar-refractivity contribution in [2.75, 3.05) is 18.1 Å². The maximum absolute atomic E-state index is 5.87. The largest absolute Gasteiger partial charge is 0.374 e. The molecule has 17 heavy (non-hydrogen) atoms. The Hall–Kier alpha value is -0.680. The van der Waals surface area contributed by atoms with Crippen LogP contribution in [0.4, 0.5) is 5.82 Å². The molecule has 92 valence electrons. The first-order valence-electron chi connectivity index (χ1n) is 6.20. The molecule has 2 heterocycles. The molecule has 5 heteroatoms. The fourth-order valence-corrected chi connectivity index (χ4v) is 3.16. The van der Waals surface area contributed by atoms with Crippen LogP contribution in [0.5, 0.6) is 0 Å². The lowest BCUT2D eigenvalue weighted by Crippen LogP contribution is -2.53. The monoisotopic (exact) mass is 297 g/mol. The van der Waals surface area contributed by atoms with Crippen molar-refractivity contribution in [3.8, 4) is 0 Å². The number of fused-ring (bicyclic) bond motifs is 1. The number of morpholine rings is 1. The molecule has 1 saturated carbocycles. The summed E-state index contributed by atoms with van der Waals surface area (Å²) in [5, 5.41) is 0. The van der Waals surface area contributed by atoms with E-state index in [9.17, 15) is 0 Å². The van der Waals surface area contributed by atoms with E-state index in [2.05, 4.69) is 30.8 Å². The molecule has 0 bridgehead atoms. The summed E-state index contributed by atoms with van der Waals surface area (Å²) in [6, 6.07) is 2.50. The van der Waals surface area contributed by atoms with Crippen LogP contribution in [0.25, 0.3) is 0 Å². The molecule has 4 nitrogen and oxygen atoms in total. The maximum Gasteiger partial charge on any atom is 0.133 e. The summed E-state index contributed by atoms with van der Waals surface area (Å²) in [7, 11) is 0. The number of halogens is 1. The summed E-state index contributed by atoms with van der Waals surface area (Å²) in [6.45, 7) is 1.74. The van der Waals surface area contributed by atoms with Crippen LogP contribution in [0.2, 0.25) is 0 Å². The van der Waals surface area contributed by atoms with Gasteiger partial charge in [-0.1, -0.05) is 12.8 Å². The van der Waals surface area contributed by atoms with Crippen molar-refractivity contribution in [1.29, 1.82) is 0 Å². The van der Waals surface area contributed by atoms with Gasteiger partial charge >= 0.3 is 0 Å². The third kappa shape index (κ3) is 2.31. The zero-order chi connectivity index (χ0) is 11.7. The second-order valence-corrected chi connectivity index (χ2v) is 5.47. The van der Waals surface area contributed by atoms with Crippen LogP contribution >= 0.6 is 15.9 Å². The van der Waals surface area contributed by atoms with E-state index in [-0.39, 0.29) is 0 Å². The zero-order valence-electron chi connectivity index (χ0n) is 9.68. The highest BCUT2D eigenvalue weighted by atomic mass is 79.9. The van der Waals surface area contributed by atoms with Crippen LogP contribution in [-0.2, 0) is 4.74 Å². The lowest BCUT2D eigenvalue weighted by molar-refractivity contribution is -0.00900. The van der Waals surface area contributed by atoms with Gasteiger partial charge in [0.15, 0.2) is 0 Å². The van der Waals surface area contributed by atoms with Gasteiger partial charge in [-0.3, -0.25) is 0 Å². The Balaban J connectivity index is 1.85. The predicted octanol–water partition coefficient (Wildman–Crippen LogP) is 2.39. The Morgan fingerprint density at radius 2 is 2.18 bits per heavy atom. The molecule has 2 aliphatic rings. The first-order valence-corrected chi connectivity index (χ1v) is 7.00. The van der Waals surface area contributed by atoms with Gasteiger partial charge in [0.25, 0.3) is 0 Å². The van der Waals surface area contributed by atoms with E-state index in [4.69, 9.17) is 4.74 Å². The molecule has 3 rings (SSSR count). The topological polar surface area (TPSA) is 38.2 Å². The molecule has 1 aromatic heterocycles. The van der Waals surface area contributed by atoms with E-state index in [0.717, 1.165) is 23.6 Å². The van der Waals surface area contributed by atoms with E-state index >= 15 is 0 Å². The molecule has 1 aliphatic heterocycles. The van der Waals surface area contributed by atoms with E-state index in [1.807, 2.05) is 6.07 Å². The molecule has 0 amide bonds. The average Bonchev–Trinajstić information content (AvgIpc) is 2.38. The zero-order valence-corrected chi connectivity index (χ0v) is 11.3. The van der Waals surface area contributed by atoms with Gasteiger partial charge in [0.05, 0.1) is 18.8 Å². The van der Waals surface area contributed by atoms with Gasteiger partial charge in [0.1, 0.15) is 16.7 Å². The molecule has 2 atom stereocenters. The summed E-state index contributed by atoms with van der Waals surface area (Å²) >= 11 is 3.41. The summed E-state index contributed by atoms with van der Waals surface area (Å²) in [5.41, 5.74) is 0. The van der Waals surface area contributed by atoms with E-state index in [1.165, 1.54) is 25.7 Å². The van der Waals surface area contributed by atoms with Crippen molar-refractivity contribution >= 4 is 21.7 Å². The molecule has 0 aromatic carbocycles. The summed E-state index contributed by atoms with van der Waals surface area (Å²) < 4.78 is 6.72. The summed E-state index contributed by atoms with van der Waals surface area (Å²) in [6.07, 6.45) is 7.01. The normalized spacial score (nSPS) is 28.9. The van der Waals surface area contributed by atoms with Crippen LogP contribution in [0, 0.1) is 0 Å². The minimum absolute atomic E-state index is 0.395. The number of aromatic nitrogens is 2. The quantitative estimate of drug-likeness (QED) is 0.746. The van der Waals surface area contributed by atoms with Crippen LogP contribution in [0.3, 0.4) is 0 Å². The van der Waals surface area contributed by atoms with Crippen molar-refractivity contribution in [3.63, 3.8) is 0 Å². The molecule has 1 aromatic rings. The molecular formula is C12H16BrN3O. The molecular weight excluding hydrogens is 282 g/mol. The third-order valence-corrected chi connectivity index (χ3v) is 4.08. The second kappa shape index (κ2) is 4.90. The number of anilines is 1. The minimum atomic E-state index is 0.395. The highest BCUT2D eigenvalue weighted by Gasteiger charge is 2.34. The SMILES string of the molecule is Brc1cc(N2CCOC3CCCCC32)ncn1. The fourth-order valence-electron chi connectivity index (χ4n) is 2.86. The highest BCUT2D eigenvalue weighted by Crippen LogP contribution is 2.31. The van der Waals surface area contributed by atoms with Crippen molar-refractivity contribution in [2.24, 2.45) is 0 Å². The Bertz CT molecular complexity index is 399. The smallest absolute Gasteiger partial charge is 0.133 e. The van der Waals surface area contributed by atoms with Crippen LogP contribution in [0.15, 0.2) is 17.0 Å². The number of ether oxygens (including phenoxy) is 1. The molecule has 2 fully saturated rings. The fraction of sp³-hybridized carbons (Fsp3) is 0.667. The van der Waals surface area contributed by atoms with Crippen molar-refractivity contribution < 1.29 is 4.74 Å². The van der Waals surface area contributed by atoms with Gasteiger partial charge in [0, 0.05) is 12.6 Å². The molecule has 0 radical (unpaired) electrons. The van der Waals surface area contributed by atoms with Gasteiger partial charge in [-0.05, 0) is 28.8 Å². The van der Waals surface area contributed by atoms with Gasteiger partial charge in [-0.25, -0.2) is 9.97 Å². The lowest BCUT2D eigenvalue weighted by Gasteiger charge is -2.44. The Morgan fingerprint density at radius 1 is 1.29 bits per heavy atom. The van der Waals surface area contributed by atoms with Crippen molar-refractivity contribution in [1.82, 2.24) is 9.97 Å². The second-order valence-electron chi connectivity index (χ2n) is 4.65. The van der Waals surface area contributed by atoms with E-state index in [0.29, 0.717) is 12.1 Å². The van der Waals surface area contributed by atoms with Gasteiger partial charge in [-0.15, -0.1) is 0 Å². The molecule has 1 aliphatic carbocycles. The molecule has 1 saturated heterocycles. The van der Waals surface area contributed by atoms with E-state index < -0.39 is 0 Å². The van der Waals surface area contributed by atoms with Gasteiger partial charge in [0.2, 0.25) is 0 Å². The van der Waals surface area contributed by atoms with Gasteiger partial charge < -0.3 is 9.64 Å². The van der Waals surface area contributed by atoms with Crippen molar-refractivity contribution in [2.45, 2.75) is 37.8 Å². The Kier molecular flexibility index (Phi) is 3.29. The van der Waals surface area contributed by atoms with Crippen LogP contribution in [0.1, 0.15) is 25.7 Å². The third-order valence-electron chi connectivity index (χ3n) is 3.65. The predicted molar refractivity (Wildman–Crippen MR) is 69.1 cm³/mol. The number of rotatable bonds is 1. The molecule has 0 N–H and O–H groups in total. The minimum Gasteiger partial charge on any atom is -0.374 e. The number of hydrogen-bond acceptors (Lipinski definition) is 4. The summed E-state index contributed by atoms with van der Waals surface area (Å²) in [5.74, 6) is 1.02. The average molecular weight is 298 g/mol. The lowest BCUT2D eigenvalue weighted by atomic mass is 9.90. The maximum atomic E-state index is 5.87. The van der Waals surface area contributed by atoms with Crippen LogP contribution < -0.4 is 4.90 Å². The van der Waals surface area contributed by atoms with Gasteiger partial charge in [-0.2, -0.15) is 0 Å². The number of nitrogens with zero attached hydrogens (tertiary/aromatic N) is 3. The van der Waals surface area contributed by atoms with Crippen LogP contribution in [-0.4, -0.2) is 35.3 Å². The molecule has 2 unspecified atom stereocenters. The van der Waals surface area contributed by atoms with E-state index in [1.54, 1.807) is 6.33 Å². The Labute approximate surface area is 110 Å². The van der Waals surface area contributed by atoms with Crippen molar-refractivity contribution in [3.05, 3.63) is 17.0 Å².